The zero-order valence-electron chi connectivity index (χ0n) is 9.55. The number of thioether (sulfide) groups is 1. The first kappa shape index (κ1) is 12.7. The number of amides is 2. The van der Waals surface area contributed by atoms with Crippen LogP contribution in [-0.4, -0.2) is 15.3 Å². The van der Waals surface area contributed by atoms with Crippen molar-refractivity contribution in [1.29, 1.82) is 0 Å². The Labute approximate surface area is 121 Å². The first-order valence-electron chi connectivity index (χ1n) is 5.43. The molecule has 1 unspecified atom stereocenters. The quantitative estimate of drug-likeness (QED) is 0.806. The van der Waals surface area contributed by atoms with Gasteiger partial charge in [-0.15, -0.1) is 10.5 Å². The summed E-state index contributed by atoms with van der Waals surface area (Å²) in [6, 6.07) is 7.50. The molecule has 1 fully saturated rings. The molecule has 96 valence electrons. The smallest absolute Gasteiger partial charge is 0.282 e. The Morgan fingerprint density at radius 2 is 2.00 bits per heavy atom. The first-order valence-corrected chi connectivity index (χ1v) is 7.91. The zero-order chi connectivity index (χ0) is 13.4. The highest BCUT2D eigenvalue weighted by Crippen LogP contribution is 2.45. The molecule has 0 aliphatic carbocycles. The molecule has 2 aliphatic rings. The highest BCUT2D eigenvalue weighted by atomic mass is 35.5. The Bertz CT molecular complexity index is 692. The molecular weight excluding hydrogens is 302 g/mol. The number of hydrogen-bond donors (Lipinski definition) is 1. The fourth-order valence-corrected chi connectivity index (χ4v) is 5.20. The number of carbonyl (C=O) groups excluding carboxylic acids is 2. The second kappa shape index (κ2) is 5.00. The van der Waals surface area contributed by atoms with Crippen molar-refractivity contribution in [1.82, 2.24) is 5.32 Å². The van der Waals surface area contributed by atoms with Crippen molar-refractivity contribution in [2.45, 2.75) is 0 Å². The minimum Gasteiger partial charge on any atom is -0.282 e. The second-order valence-corrected chi connectivity index (χ2v) is 7.25. The molecule has 2 heterocycles. The van der Waals surface area contributed by atoms with Crippen LogP contribution in [0.5, 0.6) is 0 Å². The summed E-state index contributed by atoms with van der Waals surface area (Å²) in [6.07, 6.45) is 3.83. The fraction of sp³-hybridized carbons (Fsp3) is 0. The van der Waals surface area contributed by atoms with E-state index in [9.17, 15) is 9.59 Å². The lowest BCUT2D eigenvalue weighted by molar-refractivity contribution is -0.113. The van der Waals surface area contributed by atoms with Gasteiger partial charge in [0.15, 0.2) is 0 Å². The SMILES string of the molecule is O=C1NC(=O)C(=S2C=CC=C2c2ccccc2Cl)S1. The van der Waals surface area contributed by atoms with Gasteiger partial charge in [-0.25, -0.2) is 0 Å². The molecule has 19 heavy (non-hydrogen) atoms. The fourth-order valence-electron chi connectivity index (χ4n) is 1.83. The molecule has 0 spiro atoms. The van der Waals surface area contributed by atoms with Gasteiger partial charge in [-0.3, -0.25) is 14.9 Å². The summed E-state index contributed by atoms with van der Waals surface area (Å²) in [5.74, 6) is -0.303. The molecule has 0 saturated carbocycles. The minimum absolute atomic E-state index is 0.303. The number of imide groups is 1. The minimum atomic E-state index is -0.510. The van der Waals surface area contributed by atoms with Crippen LogP contribution in [0.25, 0.3) is 4.91 Å². The third-order valence-electron chi connectivity index (χ3n) is 2.62. The maximum Gasteiger partial charge on any atom is 0.291 e. The van der Waals surface area contributed by atoms with Crippen LogP contribution in [0.3, 0.4) is 0 Å². The average Bonchev–Trinajstić information content (AvgIpc) is 2.96. The standard InChI is InChI=1S/C13H8ClNO2S2/c14-9-5-2-1-4-8(9)10-6-3-7-19(10)12-11(16)15-13(17)18-12/h1-7H,(H,15,16,17). The topological polar surface area (TPSA) is 46.2 Å². The summed E-state index contributed by atoms with van der Waals surface area (Å²) in [6.45, 7) is 0. The van der Waals surface area contributed by atoms with Crippen molar-refractivity contribution in [2.75, 3.05) is 0 Å². The number of carbonyl (C=O) groups is 2. The van der Waals surface area contributed by atoms with Gasteiger partial charge in [0.25, 0.3) is 11.1 Å². The molecule has 1 saturated heterocycles. The number of rotatable bonds is 1. The van der Waals surface area contributed by atoms with Crippen LogP contribution in [-0.2, 0) is 4.79 Å². The number of allylic oxidation sites excluding steroid dienone is 2. The van der Waals surface area contributed by atoms with Crippen LogP contribution in [0, 0.1) is 0 Å². The van der Waals surface area contributed by atoms with Crippen molar-refractivity contribution in [3.05, 3.63) is 52.4 Å². The van der Waals surface area contributed by atoms with Gasteiger partial charge < -0.3 is 0 Å². The summed E-state index contributed by atoms with van der Waals surface area (Å²) in [5, 5.41) is 4.55. The van der Waals surface area contributed by atoms with Gasteiger partial charge in [-0.05, 0) is 29.3 Å². The predicted octanol–water partition coefficient (Wildman–Crippen LogP) is 3.59. The van der Waals surface area contributed by atoms with E-state index < -0.39 is 10.5 Å². The maximum absolute atomic E-state index is 11.8. The first-order chi connectivity index (χ1) is 9.16. The normalized spacial score (nSPS) is 23.7. The van der Waals surface area contributed by atoms with E-state index in [2.05, 4.69) is 5.32 Å². The van der Waals surface area contributed by atoms with Crippen LogP contribution in [0.2, 0.25) is 5.02 Å². The molecule has 2 aliphatic heterocycles. The Morgan fingerprint density at radius 1 is 1.21 bits per heavy atom. The largest absolute Gasteiger partial charge is 0.291 e. The van der Waals surface area contributed by atoms with Crippen molar-refractivity contribution in [3.8, 4) is 0 Å². The molecule has 3 rings (SSSR count). The third-order valence-corrected chi connectivity index (χ3v) is 6.25. The predicted molar refractivity (Wildman–Crippen MR) is 82.3 cm³/mol. The molecule has 1 atom stereocenters. The Balaban J connectivity index is 2.10. The number of nitrogens with one attached hydrogen (secondary N) is 1. The van der Waals surface area contributed by atoms with Crippen molar-refractivity contribution < 1.29 is 9.59 Å². The summed E-state index contributed by atoms with van der Waals surface area (Å²) in [7, 11) is -0.510. The molecule has 1 aromatic rings. The highest BCUT2D eigenvalue weighted by Gasteiger charge is 2.30. The van der Waals surface area contributed by atoms with E-state index in [0.29, 0.717) is 9.22 Å². The van der Waals surface area contributed by atoms with E-state index in [4.69, 9.17) is 11.6 Å². The Kier molecular flexibility index (Phi) is 3.35. The van der Waals surface area contributed by atoms with Crippen LogP contribution in [0.15, 0.2) is 41.8 Å². The average molecular weight is 310 g/mol. The molecule has 0 aromatic heterocycles. The van der Waals surface area contributed by atoms with Gasteiger partial charge in [0, 0.05) is 15.5 Å². The van der Waals surface area contributed by atoms with Gasteiger partial charge in [0.05, 0.1) is 0 Å². The van der Waals surface area contributed by atoms with Gasteiger partial charge in [-0.2, -0.15) is 0 Å². The summed E-state index contributed by atoms with van der Waals surface area (Å²) in [4.78, 5) is 24.0. The van der Waals surface area contributed by atoms with Gasteiger partial charge in [0.2, 0.25) is 0 Å². The van der Waals surface area contributed by atoms with E-state index >= 15 is 0 Å². The molecule has 1 aromatic carbocycles. The molecule has 3 nitrogen and oxygen atoms in total. The van der Waals surface area contributed by atoms with E-state index in [1.54, 1.807) is 0 Å². The van der Waals surface area contributed by atoms with E-state index in [1.165, 1.54) is 0 Å². The lowest BCUT2D eigenvalue weighted by Gasteiger charge is -2.10. The van der Waals surface area contributed by atoms with Crippen LogP contribution in [0.4, 0.5) is 4.79 Å². The highest BCUT2D eigenvalue weighted by molar-refractivity contribution is 8.46. The molecule has 0 bridgehead atoms. The Morgan fingerprint density at radius 3 is 2.68 bits per heavy atom. The number of hydrogen-bond acceptors (Lipinski definition) is 3. The zero-order valence-corrected chi connectivity index (χ0v) is 11.9. The van der Waals surface area contributed by atoms with Crippen molar-refractivity contribution >= 4 is 54.1 Å². The molecule has 1 N–H and O–H groups in total. The van der Waals surface area contributed by atoms with Crippen LogP contribution < -0.4 is 5.32 Å². The Hall–Kier alpha value is -1.30. The van der Waals surface area contributed by atoms with Gasteiger partial charge >= 0.3 is 0 Å². The summed E-state index contributed by atoms with van der Waals surface area (Å²) >= 11 is 7.16. The van der Waals surface area contributed by atoms with Gasteiger partial charge in [0.1, 0.15) is 4.20 Å². The maximum atomic E-state index is 11.8. The summed E-state index contributed by atoms with van der Waals surface area (Å²) < 4.78 is 0.532. The molecule has 6 heteroatoms. The molecule has 0 radical (unpaired) electrons. The lowest BCUT2D eigenvalue weighted by Crippen LogP contribution is -2.21. The van der Waals surface area contributed by atoms with Crippen LogP contribution in [0.1, 0.15) is 5.56 Å². The van der Waals surface area contributed by atoms with E-state index in [0.717, 1.165) is 22.2 Å². The number of benzene rings is 1. The lowest BCUT2D eigenvalue weighted by atomic mass is 10.2. The van der Waals surface area contributed by atoms with Crippen LogP contribution >= 0.6 is 33.8 Å². The van der Waals surface area contributed by atoms with E-state index in [-0.39, 0.29) is 11.1 Å². The molecule has 2 amide bonds. The second-order valence-electron chi connectivity index (χ2n) is 3.81. The van der Waals surface area contributed by atoms with Crippen molar-refractivity contribution in [3.63, 3.8) is 0 Å². The number of halogens is 1. The molecular formula is C13H8ClNO2S2. The third kappa shape index (κ3) is 2.29. The van der Waals surface area contributed by atoms with Gasteiger partial charge in [-0.1, -0.05) is 35.9 Å². The summed E-state index contributed by atoms with van der Waals surface area (Å²) in [5.41, 5.74) is 0.901. The monoisotopic (exact) mass is 309 g/mol. The van der Waals surface area contributed by atoms with Crippen molar-refractivity contribution in [2.24, 2.45) is 0 Å². The van der Waals surface area contributed by atoms with E-state index in [1.807, 2.05) is 41.8 Å².